The van der Waals surface area contributed by atoms with Crippen LogP contribution in [0.15, 0.2) is 76.1 Å². The summed E-state index contributed by atoms with van der Waals surface area (Å²) in [5, 5.41) is 0.939. The van der Waals surface area contributed by atoms with Gasteiger partial charge in [-0.05, 0) is 24.3 Å². The van der Waals surface area contributed by atoms with Crippen LogP contribution in [0.2, 0.25) is 0 Å². The molecule has 4 rings (SSSR count). The van der Waals surface area contributed by atoms with Crippen molar-refractivity contribution < 1.29 is 4.42 Å². The fraction of sp³-hybridized carbons (Fsp3) is 0.0556. The highest BCUT2D eigenvalue weighted by molar-refractivity contribution is 5.97. The van der Waals surface area contributed by atoms with Gasteiger partial charge in [0.1, 0.15) is 5.58 Å². The van der Waals surface area contributed by atoms with E-state index in [0.29, 0.717) is 17.6 Å². The van der Waals surface area contributed by atoms with E-state index in [-0.39, 0.29) is 5.63 Å². The van der Waals surface area contributed by atoms with Gasteiger partial charge in [0.05, 0.1) is 11.3 Å². The van der Waals surface area contributed by atoms with E-state index in [1.165, 1.54) is 0 Å². The van der Waals surface area contributed by atoms with Crippen molar-refractivity contribution in [1.29, 1.82) is 0 Å². The Morgan fingerprint density at radius 2 is 1.71 bits per heavy atom. The van der Waals surface area contributed by atoms with E-state index in [1.54, 1.807) is 0 Å². The minimum atomic E-state index is -0.275. The molecule has 2 aromatic carbocycles. The van der Waals surface area contributed by atoms with Crippen LogP contribution in [-0.4, -0.2) is 0 Å². The van der Waals surface area contributed by atoms with Gasteiger partial charge in [-0.1, -0.05) is 36.9 Å². The van der Waals surface area contributed by atoms with Crippen LogP contribution >= 0.6 is 0 Å². The minimum absolute atomic E-state index is 0.275. The summed E-state index contributed by atoms with van der Waals surface area (Å²) in [6.45, 7) is 4.12. The van der Waals surface area contributed by atoms with E-state index in [1.807, 2.05) is 54.6 Å². The molecule has 0 aliphatic carbocycles. The van der Waals surface area contributed by atoms with Gasteiger partial charge >= 0.3 is 5.63 Å². The first-order valence-corrected chi connectivity index (χ1v) is 6.83. The molecule has 102 valence electrons. The average Bonchev–Trinajstić information content (AvgIpc) is 2.86. The van der Waals surface area contributed by atoms with E-state index in [0.717, 1.165) is 22.5 Å². The lowest BCUT2D eigenvalue weighted by Crippen LogP contribution is -2.11. The third kappa shape index (κ3) is 1.71. The Balaban J connectivity index is 2.08. The lowest BCUT2D eigenvalue weighted by Gasteiger charge is -2.21. The van der Waals surface area contributed by atoms with E-state index in [2.05, 4.69) is 11.5 Å². The van der Waals surface area contributed by atoms with Gasteiger partial charge in [0.2, 0.25) is 0 Å². The zero-order valence-electron chi connectivity index (χ0n) is 11.4. The Morgan fingerprint density at radius 1 is 1.00 bits per heavy atom. The fourth-order valence-electron chi connectivity index (χ4n) is 2.91. The molecule has 1 aliphatic rings. The molecule has 0 bridgehead atoms. The SMILES string of the molecule is C=C1Cc2c(c3ccccc3oc2=O)N1c1ccccc1. The highest BCUT2D eigenvalue weighted by Gasteiger charge is 2.29. The Labute approximate surface area is 121 Å². The first kappa shape index (κ1) is 12.0. The maximum Gasteiger partial charge on any atom is 0.341 e. The molecule has 2 heterocycles. The molecule has 0 N–H and O–H groups in total. The molecular weight excluding hydrogens is 262 g/mol. The van der Waals surface area contributed by atoms with E-state index < -0.39 is 0 Å². The number of anilines is 2. The van der Waals surface area contributed by atoms with Crippen LogP contribution in [0.25, 0.3) is 11.0 Å². The highest BCUT2D eigenvalue weighted by atomic mass is 16.4. The largest absolute Gasteiger partial charge is 0.422 e. The topological polar surface area (TPSA) is 33.5 Å². The number of allylic oxidation sites excluding steroid dienone is 1. The molecule has 3 heteroatoms. The molecule has 0 saturated carbocycles. The number of hydrogen-bond acceptors (Lipinski definition) is 3. The normalized spacial score (nSPS) is 13.7. The number of benzene rings is 2. The van der Waals surface area contributed by atoms with Crippen LogP contribution in [0.4, 0.5) is 11.4 Å². The van der Waals surface area contributed by atoms with Crippen LogP contribution in [0.1, 0.15) is 5.56 Å². The van der Waals surface area contributed by atoms with Crippen LogP contribution in [0.3, 0.4) is 0 Å². The molecule has 3 nitrogen and oxygen atoms in total. The van der Waals surface area contributed by atoms with Crippen molar-refractivity contribution in [2.24, 2.45) is 0 Å². The summed E-state index contributed by atoms with van der Waals surface area (Å²) >= 11 is 0. The minimum Gasteiger partial charge on any atom is -0.422 e. The monoisotopic (exact) mass is 275 g/mol. The summed E-state index contributed by atoms with van der Waals surface area (Å²) in [4.78, 5) is 14.3. The van der Waals surface area contributed by atoms with Gasteiger partial charge in [0.25, 0.3) is 0 Å². The predicted molar refractivity (Wildman–Crippen MR) is 83.9 cm³/mol. The summed E-state index contributed by atoms with van der Waals surface area (Å²) in [5.74, 6) is 0. The molecule has 0 spiro atoms. The zero-order chi connectivity index (χ0) is 14.4. The fourth-order valence-corrected chi connectivity index (χ4v) is 2.91. The van der Waals surface area contributed by atoms with Crippen molar-refractivity contribution in [1.82, 2.24) is 0 Å². The van der Waals surface area contributed by atoms with Gasteiger partial charge in [-0.2, -0.15) is 0 Å². The van der Waals surface area contributed by atoms with Crippen LogP contribution in [0.5, 0.6) is 0 Å². The van der Waals surface area contributed by atoms with E-state index >= 15 is 0 Å². The smallest absolute Gasteiger partial charge is 0.341 e. The lowest BCUT2D eigenvalue weighted by molar-refractivity contribution is 0.555. The summed E-state index contributed by atoms with van der Waals surface area (Å²) < 4.78 is 5.41. The first-order valence-electron chi connectivity index (χ1n) is 6.83. The number of fused-ring (bicyclic) bond motifs is 3. The Morgan fingerprint density at radius 3 is 2.52 bits per heavy atom. The third-order valence-corrected chi connectivity index (χ3v) is 3.81. The van der Waals surface area contributed by atoms with Gasteiger partial charge in [0, 0.05) is 23.2 Å². The molecule has 0 amide bonds. The van der Waals surface area contributed by atoms with Crippen molar-refractivity contribution in [3.63, 3.8) is 0 Å². The molecular formula is C18H13NO2. The molecule has 0 atom stereocenters. The van der Waals surface area contributed by atoms with Gasteiger partial charge in [-0.3, -0.25) is 0 Å². The lowest BCUT2D eigenvalue weighted by atomic mass is 10.1. The van der Waals surface area contributed by atoms with E-state index in [9.17, 15) is 4.79 Å². The van der Waals surface area contributed by atoms with Crippen LogP contribution in [0, 0.1) is 0 Å². The standard InChI is InChI=1S/C18H13NO2/c1-12-11-15-17(19(12)13-7-3-2-4-8-13)14-9-5-6-10-16(14)21-18(15)20/h2-10H,1,11H2. The number of para-hydroxylation sites is 2. The Hall–Kier alpha value is -2.81. The second-order valence-corrected chi connectivity index (χ2v) is 5.13. The van der Waals surface area contributed by atoms with E-state index in [4.69, 9.17) is 4.42 Å². The van der Waals surface area contributed by atoms with Crippen molar-refractivity contribution >= 4 is 22.3 Å². The van der Waals surface area contributed by atoms with Gasteiger partial charge in [0.15, 0.2) is 0 Å². The quantitative estimate of drug-likeness (QED) is 0.629. The van der Waals surface area contributed by atoms with Gasteiger partial charge in [-0.25, -0.2) is 4.79 Å². The summed E-state index contributed by atoms with van der Waals surface area (Å²) in [6, 6.07) is 17.6. The summed E-state index contributed by atoms with van der Waals surface area (Å²) in [5.41, 5.74) is 3.82. The molecule has 0 unspecified atom stereocenters. The van der Waals surface area contributed by atoms with Crippen molar-refractivity contribution in [2.75, 3.05) is 4.90 Å². The summed E-state index contributed by atoms with van der Waals surface area (Å²) in [6.07, 6.45) is 0.525. The molecule has 1 aromatic heterocycles. The van der Waals surface area contributed by atoms with Gasteiger partial charge in [-0.15, -0.1) is 0 Å². The Kier molecular flexibility index (Phi) is 2.48. The summed E-state index contributed by atoms with van der Waals surface area (Å²) in [7, 11) is 0. The van der Waals surface area contributed by atoms with Crippen molar-refractivity contribution in [3.05, 3.63) is 82.9 Å². The average molecular weight is 275 g/mol. The molecule has 0 fully saturated rings. The maximum atomic E-state index is 12.2. The van der Waals surface area contributed by atoms with Crippen molar-refractivity contribution in [3.8, 4) is 0 Å². The van der Waals surface area contributed by atoms with Crippen molar-refractivity contribution in [2.45, 2.75) is 6.42 Å². The second-order valence-electron chi connectivity index (χ2n) is 5.13. The first-order chi connectivity index (χ1) is 10.3. The molecule has 21 heavy (non-hydrogen) atoms. The molecule has 1 aliphatic heterocycles. The second kappa shape index (κ2) is 4.35. The number of rotatable bonds is 1. The highest BCUT2D eigenvalue weighted by Crippen LogP contribution is 2.42. The Bertz CT molecular complexity index is 909. The number of nitrogens with zero attached hydrogens (tertiary/aromatic N) is 1. The third-order valence-electron chi connectivity index (χ3n) is 3.81. The molecule has 3 aromatic rings. The number of hydrogen-bond donors (Lipinski definition) is 0. The van der Waals surface area contributed by atoms with Crippen LogP contribution in [-0.2, 0) is 6.42 Å². The molecule has 0 saturated heterocycles. The zero-order valence-corrected chi connectivity index (χ0v) is 11.4. The van der Waals surface area contributed by atoms with Gasteiger partial charge < -0.3 is 9.32 Å². The predicted octanol–water partition coefficient (Wildman–Crippen LogP) is 4.00. The molecule has 0 radical (unpaired) electrons. The maximum absolute atomic E-state index is 12.2. The van der Waals surface area contributed by atoms with Crippen LogP contribution < -0.4 is 10.5 Å².